The predicted molar refractivity (Wildman–Crippen MR) is 54.5 cm³/mol. The zero-order valence-electron chi connectivity index (χ0n) is 9.18. The average Bonchev–Trinajstić information content (AvgIpc) is 2.31. The van der Waals surface area contributed by atoms with Crippen molar-refractivity contribution in [1.82, 2.24) is 10.3 Å². The van der Waals surface area contributed by atoms with Gasteiger partial charge in [0, 0.05) is 6.54 Å². The Balaban J connectivity index is 2.57. The van der Waals surface area contributed by atoms with E-state index in [1.807, 2.05) is 0 Å². The Morgan fingerprint density at radius 2 is 2.12 bits per heavy atom. The van der Waals surface area contributed by atoms with Gasteiger partial charge in [0.2, 0.25) is 0 Å². The van der Waals surface area contributed by atoms with E-state index in [-0.39, 0.29) is 13.2 Å². The number of rotatable bonds is 3. The minimum absolute atomic E-state index is 0.0589. The molecular formula is C8H15N3O6. The highest BCUT2D eigenvalue weighted by atomic mass is 16.5. The van der Waals surface area contributed by atoms with Crippen molar-refractivity contribution in [1.29, 1.82) is 0 Å². The van der Waals surface area contributed by atoms with Gasteiger partial charge in [-0.15, -0.1) is 4.91 Å². The number of carbonyl (C=O) groups is 1. The first-order valence-corrected chi connectivity index (χ1v) is 5.08. The Hall–Kier alpha value is -1.29. The van der Waals surface area contributed by atoms with E-state index in [0.29, 0.717) is 5.01 Å². The Labute approximate surface area is 96.9 Å². The molecule has 1 saturated heterocycles. The summed E-state index contributed by atoms with van der Waals surface area (Å²) < 4.78 is 4.92. The van der Waals surface area contributed by atoms with Crippen molar-refractivity contribution in [2.75, 3.05) is 13.2 Å². The smallest absolute Gasteiger partial charge is 0.342 e. The number of nitrogens with zero attached hydrogens (tertiary/aromatic N) is 2. The fourth-order valence-electron chi connectivity index (χ4n) is 1.37. The summed E-state index contributed by atoms with van der Waals surface area (Å²) >= 11 is 0. The number of hydrogen-bond acceptors (Lipinski definition) is 7. The summed E-state index contributed by atoms with van der Waals surface area (Å²) in [4.78, 5) is 21.6. The zero-order chi connectivity index (χ0) is 13.0. The lowest BCUT2D eigenvalue weighted by Gasteiger charge is -2.35. The van der Waals surface area contributed by atoms with E-state index in [0.717, 1.165) is 0 Å². The molecule has 0 radical (unpaired) electrons. The molecule has 4 atom stereocenters. The Kier molecular flexibility index (Phi) is 4.75. The van der Waals surface area contributed by atoms with Crippen molar-refractivity contribution < 1.29 is 24.9 Å². The maximum atomic E-state index is 11.4. The molecular weight excluding hydrogens is 234 g/mol. The van der Waals surface area contributed by atoms with Crippen molar-refractivity contribution >= 4 is 6.03 Å². The monoisotopic (exact) mass is 249 g/mol. The van der Waals surface area contributed by atoms with E-state index >= 15 is 0 Å². The maximum absolute atomic E-state index is 11.4. The zero-order valence-corrected chi connectivity index (χ0v) is 9.18. The third kappa shape index (κ3) is 3.09. The molecule has 2 amide bonds. The second kappa shape index (κ2) is 5.87. The van der Waals surface area contributed by atoms with Crippen LogP contribution in [0.5, 0.6) is 0 Å². The molecule has 0 unspecified atom stereocenters. The van der Waals surface area contributed by atoms with Gasteiger partial charge in [-0.3, -0.25) is 0 Å². The summed E-state index contributed by atoms with van der Waals surface area (Å²) in [6.45, 7) is 1.37. The van der Waals surface area contributed by atoms with Gasteiger partial charge < -0.3 is 25.4 Å². The number of nitrogens with one attached hydrogen (secondary N) is 1. The van der Waals surface area contributed by atoms with E-state index < -0.39 is 30.6 Å². The fraction of sp³-hybridized carbons (Fsp3) is 0.875. The summed E-state index contributed by atoms with van der Waals surface area (Å²) in [5.41, 5.74) is 0. The van der Waals surface area contributed by atoms with E-state index in [9.17, 15) is 25.0 Å². The van der Waals surface area contributed by atoms with Crippen LogP contribution in [0.4, 0.5) is 4.79 Å². The SMILES string of the molecule is CCN(N=O)C(=O)N[C@@H]1OC[C@@H](O)[C@H](O)[C@H]1O. The molecule has 9 heteroatoms. The van der Waals surface area contributed by atoms with Gasteiger partial charge in [-0.2, -0.15) is 5.01 Å². The number of nitroso groups, excluding NO2 is 1. The van der Waals surface area contributed by atoms with Crippen LogP contribution in [-0.4, -0.2) is 64.1 Å². The average molecular weight is 249 g/mol. The number of amides is 2. The van der Waals surface area contributed by atoms with Gasteiger partial charge in [-0.05, 0) is 6.92 Å². The Morgan fingerprint density at radius 1 is 1.47 bits per heavy atom. The number of aliphatic hydroxyl groups excluding tert-OH is 3. The van der Waals surface area contributed by atoms with Crippen LogP contribution in [-0.2, 0) is 4.74 Å². The van der Waals surface area contributed by atoms with Crippen LogP contribution in [0.15, 0.2) is 5.29 Å². The molecule has 0 aliphatic carbocycles. The van der Waals surface area contributed by atoms with E-state index in [1.165, 1.54) is 6.92 Å². The topological polar surface area (TPSA) is 132 Å². The number of aliphatic hydroxyl groups is 3. The lowest BCUT2D eigenvalue weighted by Crippen LogP contribution is -2.60. The van der Waals surface area contributed by atoms with Gasteiger partial charge in [-0.1, -0.05) is 0 Å². The summed E-state index contributed by atoms with van der Waals surface area (Å²) in [6.07, 6.45) is -5.32. The molecule has 9 nitrogen and oxygen atoms in total. The predicted octanol–water partition coefficient (Wildman–Crippen LogP) is -1.86. The van der Waals surface area contributed by atoms with Crippen molar-refractivity contribution in [2.24, 2.45) is 5.29 Å². The normalized spacial score (nSPS) is 32.9. The second-order valence-electron chi connectivity index (χ2n) is 3.55. The molecule has 17 heavy (non-hydrogen) atoms. The maximum Gasteiger partial charge on any atom is 0.342 e. The molecule has 1 rings (SSSR count). The number of hydrogen-bond donors (Lipinski definition) is 4. The molecule has 0 aromatic heterocycles. The second-order valence-corrected chi connectivity index (χ2v) is 3.55. The first-order chi connectivity index (χ1) is 8.01. The summed E-state index contributed by atoms with van der Waals surface area (Å²) in [5, 5.41) is 33.2. The quantitative estimate of drug-likeness (QED) is 0.342. The van der Waals surface area contributed by atoms with Gasteiger partial charge in [0.05, 0.1) is 11.9 Å². The van der Waals surface area contributed by atoms with E-state index in [1.54, 1.807) is 0 Å². The van der Waals surface area contributed by atoms with Gasteiger partial charge in [0.25, 0.3) is 0 Å². The fourth-order valence-corrected chi connectivity index (χ4v) is 1.37. The van der Waals surface area contributed by atoms with Gasteiger partial charge >= 0.3 is 6.03 Å². The number of ether oxygens (including phenoxy) is 1. The third-order valence-electron chi connectivity index (χ3n) is 2.40. The van der Waals surface area contributed by atoms with Crippen LogP contribution in [0.1, 0.15) is 6.92 Å². The number of urea groups is 1. The number of carbonyl (C=O) groups excluding carboxylic acids is 1. The highest BCUT2D eigenvalue weighted by Gasteiger charge is 2.38. The van der Waals surface area contributed by atoms with Crippen LogP contribution in [0.25, 0.3) is 0 Å². The molecule has 1 heterocycles. The first-order valence-electron chi connectivity index (χ1n) is 5.08. The van der Waals surface area contributed by atoms with Crippen molar-refractivity contribution in [3.05, 3.63) is 4.91 Å². The lowest BCUT2D eigenvalue weighted by atomic mass is 10.0. The van der Waals surface area contributed by atoms with Crippen molar-refractivity contribution in [2.45, 2.75) is 31.5 Å². The molecule has 1 aliphatic heterocycles. The van der Waals surface area contributed by atoms with Crippen molar-refractivity contribution in [3.8, 4) is 0 Å². The molecule has 0 saturated carbocycles. The van der Waals surface area contributed by atoms with Crippen molar-refractivity contribution in [3.63, 3.8) is 0 Å². The molecule has 1 aliphatic rings. The lowest BCUT2D eigenvalue weighted by molar-refractivity contribution is -0.192. The summed E-state index contributed by atoms with van der Waals surface area (Å²) in [5.74, 6) is 0. The summed E-state index contributed by atoms with van der Waals surface area (Å²) in [6, 6.07) is -0.852. The highest BCUT2D eigenvalue weighted by molar-refractivity contribution is 5.73. The van der Waals surface area contributed by atoms with Crippen LogP contribution >= 0.6 is 0 Å². The molecule has 0 bridgehead atoms. The van der Waals surface area contributed by atoms with Crippen LogP contribution in [0, 0.1) is 4.91 Å². The van der Waals surface area contributed by atoms with Crippen LogP contribution < -0.4 is 5.32 Å². The summed E-state index contributed by atoms with van der Waals surface area (Å²) in [7, 11) is 0. The highest BCUT2D eigenvalue weighted by Crippen LogP contribution is 2.13. The van der Waals surface area contributed by atoms with Gasteiger partial charge in [0.15, 0.2) is 6.23 Å². The van der Waals surface area contributed by atoms with Gasteiger partial charge in [0.1, 0.15) is 18.3 Å². The molecule has 98 valence electrons. The molecule has 4 N–H and O–H groups in total. The Morgan fingerprint density at radius 3 is 2.65 bits per heavy atom. The Bertz CT molecular complexity index is 288. The minimum atomic E-state index is -1.48. The van der Waals surface area contributed by atoms with E-state index in [4.69, 9.17) is 4.74 Å². The minimum Gasteiger partial charge on any atom is -0.388 e. The molecule has 0 spiro atoms. The molecule has 1 fully saturated rings. The molecule has 0 aromatic rings. The van der Waals surface area contributed by atoms with Crippen LogP contribution in [0.2, 0.25) is 0 Å². The largest absolute Gasteiger partial charge is 0.388 e. The van der Waals surface area contributed by atoms with Gasteiger partial charge in [-0.25, -0.2) is 4.79 Å². The standard InChI is InChI=1S/C8H15N3O6/c1-2-11(10-16)8(15)9-7-6(14)5(13)4(12)3-17-7/h4-7,12-14H,2-3H2,1H3,(H,9,15)/t4-,5+,6-,7-/m1/s1. The first kappa shape index (κ1) is 13.8. The van der Waals surface area contributed by atoms with Crippen LogP contribution in [0.3, 0.4) is 0 Å². The third-order valence-corrected chi connectivity index (χ3v) is 2.40. The molecule has 0 aromatic carbocycles. The van der Waals surface area contributed by atoms with E-state index in [2.05, 4.69) is 10.6 Å².